The summed E-state index contributed by atoms with van der Waals surface area (Å²) in [6, 6.07) is 0. The number of hydrogen-bond acceptors (Lipinski definition) is 3. The summed E-state index contributed by atoms with van der Waals surface area (Å²) in [4.78, 5) is 14.0. The minimum Gasteiger partial charge on any atom is -0.480 e. The van der Waals surface area contributed by atoms with E-state index in [1.165, 1.54) is 45.2 Å². The summed E-state index contributed by atoms with van der Waals surface area (Å²) in [6.07, 6.45) is 10.6. The Balaban J connectivity index is 1.50. The zero-order valence-electron chi connectivity index (χ0n) is 13.1. The van der Waals surface area contributed by atoms with Crippen molar-refractivity contribution in [2.45, 2.75) is 63.3 Å². The van der Waals surface area contributed by atoms with E-state index in [1.807, 2.05) is 0 Å². The van der Waals surface area contributed by atoms with Gasteiger partial charge in [0, 0.05) is 6.54 Å². The molecule has 1 saturated heterocycles. The van der Waals surface area contributed by atoms with Crippen molar-refractivity contribution in [3.05, 3.63) is 0 Å². The topological polar surface area (TPSA) is 66.6 Å². The highest BCUT2D eigenvalue weighted by atomic mass is 16.4. The van der Waals surface area contributed by atoms with Crippen LogP contribution >= 0.6 is 0 Å². The second-order valence-corrected chi connectivity index (χ2v) is 7.62. The lowest BCUT2D eigenvalue weighted by molar-refractivity contribution is -0.144. The van der Waals surface area contributed by atoms with Gasteiger partial charge < -0.3 is 15.7 Å². The molecular weight excluding hydrogens is 264 g/mol. The fraction of sp³-hybridized carbons (Fsp3) is 0.941. The maximum atomic E-state index is 11.4. The van der Waals surface area contributed by atoms with Gasteiger partial charge in [-0.05, 0) is 62.9 Å². The maximum absolute atomic E-state index is 11.4. The van der Waals surface area contributed by atoms with Crippen molar-refractivity contribution in [1.82, 2.24) is 4.90 Å². The Morgan fingerprint density at radius 3 is 2.67 bits per heavy atom. The SMILES string of the molecule is NC1(C(=O)O)CCCC1CCN1CCC2CCCCC2C1. The number of likely N-dealkylation sites (tertiary alicyclic amines) is 1. The molecule has 3 fully saturated rings. The fourth-order valence-corrected chi connectivity index (χ4v) is 5.00. The summed E-state index contributed by atoms with van der Waals surface area (Å²) >= 11 is 0. The molecule has 120 valence electrons. The van der Waals surface area contributed by atoms with Crippen LogP contribution < -0.4 is 5.73 Å². The lowest BCUT2D eigenvalue weighted by Crippen LogP contribution is -2.52. The molecule has 21 heavy (non-hydrogen) atoms. The number of fused-ring (bicyclic) bond motifs is 1. The zero-order chi connectivity index (χ0) is 14.9. The predicted octanol–water partition coefficient (Wildman–Crippen LogP) is 2.47. The van der Waals surface area contributed by atoms with Crippen molar-refractivity contribution in [3.8, 4) is 0 Å². The van der Waals surface area contributed by atoms with E-state index in [4.69, 9.17) is 5.73 Å². The highest BCUT2D eigenvalue weighted by molar-refractivity contribution is 5.79. The van der Waals surface area contributed by atoms with Gasteiger partial charge in [-0.1, -0.05) is 25.7 Å². The number of carboxylic acids is 1. The second-order valence-electron chi connectivity index (χ2n) is 7.62. The van der Waals surface area contributed by atoms with E-state index in [0.29, 0.717) is 6.42 Å². The third-order valence-electron chi connectivity index (χ3n) is 6.44. The molecule has 4 atom stereocenters. The van der Waals surface area contributed by atoms with Crippen LogP contribution in [0.2, 0.25) is 0 Å². The quantitative estimate of drug-likeness (QED) is 0.836. The molecule has 1 aliphatic heterocycles. The van der Waals surface area contributed by atoms with Crippen molar-refractivity contribution >= 4 is 5.97 Å². The highest BCUT2D eigenvalue weighted by Gasteiger charge is 2.45. The Morgan fingerprint density at radius 2 is 1.90 bits per heavy atom. The van der Waals surface area contributed by atoms with Crippen molar-refractivity contribution in [1.29, 1.82) is 0 Å². The van der Waals surface area contributed by atoms with Crippen LogP contribution in [0.15, 0.2) is 0 Å². The normalized spacial score (nSPS) is 40.9. The zero-order valence-corrected chi connectivity index (χ0v) is 13.1. The van der Waals surface area contributed by atoms with E-state index in [1.54, 1.807) is 0 Å². The highest BCUT2D eigenvalue weighted by Crippen LogP contribution is 2.38. The minimum absolute atomic E-state index is 0.166. The van der Waals surface area contributed by atoms with Crippen LogP contribution in [-0.2, 0) is 4.79 Å². The third kappa shape index (κ3) is 3.11. The predicted molar refractivity (Wildman–Crippen MR) is 83.0 cm³/mol. The van der Waals surface area contributed by atoms with Gasteiger partial charge >= 0.3 is 5.97 Å². The number of rotatable bonds is 4. The van der Waals surface area contributed by atoms with Gasteiger partial charge in [0.15, 0.2) is 0 Å². The number of carboxylic acid groups (broad SMARTS) is 1. The molecule has 0 radical (unpaired) electrons. The van der Waals surface area contributed by atoms with Gasteiger partial charge in [-0.15, -0.1) is 0 Å². The first-order valence-electron chi connectivity index (χ1n) is 8.84. The van der Waals surface area contributed by atoms with Crippen molar-refractivity contribution in [3.63, 3.8) is 0 Å². The van der Waals surface area contributed by atoms with E-state index in [2.05, 4.69) is 4.90 Å². The molecule has 0 aromatic heterocycles. The molecule has 0 spiro atoms. The molecule has 4 unspecified atom stereocenters. The molecular formula is C17H30N2O2. The number of nitrogens with zero attached hydrogens (tertiary/aromatic N) is 1. The average Bonchev–Trinajstić information content (AvgIpc) is 2.87. The third-order valence-corrected chi connectivity index (χ3v) is 6.44. The molecule has 4 heteroatoms. The molecule has 3 aliphatic rings. The van der Waals surface area contributed by atoms with Gasteiger partial charge in [-0.25, -0.2) is 0 Å². The summed E-state index contributed by atoms with van der Waals surface area (Å²) in [6.45, 7) is 3.49. The van der Waals surface area contributed by atoms with Gasteiger partial charge in [-0.2, -0.15) is 0 Å². The summed E-state index contributed by atoms with van der Waals surface area (Å²) in [5.74, 6) is 1.24. The number of carbonyl (C=O) groups is 1. The van der Waals surface area contributed by atoms with Gasteiger partial charge in [-0.3, -0.25) is 4.79 Å². The molecule has 0 aromatic rings. The van der Waals surface area contributed by atoms with E-state index in [-0.39, 0.29) is 5.92 Å². The molecule has 3 rings (SSSR count). The van der Waals surface area contributed by atoms with Gasteiger partial charge in [0.2, 0.25) is 0 Å². The summed E-state index contributed by atoms with van der Waals surface area (Å²) < 4.78 is 0. The van der Waals surface area contributed by atoms with Crippen LogP contribution in [-0.4, -0.2) is 41.1 Å². The first kappa shape index (κ1) is 15.3. The monoisotopic (exact) mass is 294 g/mol. The Hall–Kier alpha value is -0.610. The van der Waals surface area contributed by atoms with Crippen LogP contribution in [0.4, 0.5) is 0 Å². The molecule has 0 amide bonds. The second kappa shape index (κ2) is 6.25. The van der Waals surface area contributed by atoms with E-state index >= 15 is 0 Å². The standard InChI is InChI=1S/C17H30N2O2/c18-17(16(20)21)9-3-6-15(17)8-11-19-10-7-13-4-1-2-5-14(13)12-19/h13-15H,1-12,18H2,(H,20,21). The maximum Gasteiger partial charge on any atom is 0.323 e. The van der Waals surface area contributed by atoms with Crippen LogP contribution in [0.25, 0.3) is 0 Å². The Labute approximate surface area is 128 Å². The Kier molecular flexibility index (Phi) is 4.55. The van der Waals surface area contributed by atoms with Crippen LogP contribution in [0.3, 0.4) is 0 Å². The first-order valence-corrected chi connectivity index (χ1v) is 8.84. The first-order chi connectivity index (χ1) is 10.1. The Bertz CT molecular complexity index is 387. The van der Waals surface area contributed by atoms with Crippen molar-refractivity contribution < 1.29 is 9.90 Å². The smallest absolute Gasteiger partial charge is 0.323 e. The molecule has 1 heterocycles. The summed E-state index contributed by atoms with van der Waals surface area (Å²) in [5, 5.41) is 9.40. The summed E-state index contributed by atoms with van der Waals surface area (Å²) in [5.41, 5.74) is 5.19. The fourth-order valence-electron chi connectivity index (χ4n) is 5.00. The average molecular weight is 294 g/mol. The lowest BCUT2D eigenvalue weighted by Gasteiger charge is -2.42. The molecule has 3 N–H and O–H groups in total. The van der Waals surface area contributed by atoms with Gasteiger partial charge in [0.05, 0.1) is 0 Å². The summed E-state index contributed by atoms with van der Waals surface area (Å²) in [7, 11) is 0. The van der Waals surface area contributed by atoms with Gasteiger partial charge in [0.1, 0.15) is 5.54 Å². The number of aliphatic carboxylic acids is 1. The number of hydrogen-bond donors (Lipinski definition) is 2. The van der Waals surface area contributed by atoms with Crippen LogP contribution in [0, 0.1) is 17.8 Å². The molecule has 4 nitrogen and oxygen atoms in total. The molecule has 0 aromatic carbocycles. The number of piperidine rings is 1. The minimum atomic E-state index is -0.955. The molecule has 2 aliphatic carbocycles. The van der Waals surface area contributed by atoms with Crippen molar-refractivity contribution in [2.75, 3.05) is 19.6 Å². The van der Waals surface area contributed by atoms with Crippen LogP contribution in [0.1, 0.15) is 57.8 Å². The van der Waals surface area contributed by atoms with Crippen molar-refractivity contribution in [2.24, 2.45) is 23.5 Å². The Morgan fingerprint density at radius 1 is 1.14 bits per heavy atom. The van der Waals surface area contributed by atoms with Crippen LogP contribution in [0.5, 0.6) is 0 Å². The van der Waals surface area contributed by atoms with Gasteiger partial charge in [0.25, 0.3) is 0 Å². The lowest BCUT2D eigenvalue weighted by atomic mass is 9.75. The van der Waals surface area contributed by atoms with E-state index < -0.39 is 11.5 Å². The van der Waals surface area contributed by atoms with E-state index in [0.717, 1.165) is 37.6 Å². The number of nitrogens with two attached hydrogens (primary N) is 1. The van der Waals surface area contributed by atoms with E-state index in [9.17, 15) is 9.90 Å². The molecule has 0 bridgehead atoms. The molecule has 2 saturated carbocycles. The largest absolute Gasteiger partial charge is 0.480 e.